The van der Waals surface area contributed by atoms with Crippen LogP contribution in [0.15, 0.2) is 29.1 Å². The van der Waals surface area contributed by atoms with E-state index in [1.54, 1.807) is 11.3 Å². The van der Waals surface area contributed by atoms with Gasteiger partial charge in [0, 0.05) is 11.1 Å². The van der Waals surface area contributed by atoms with Crippen LogP contribution in [-0.4, -0.2) is 9.97 Å². The van der Waals surface area contributed by atoms with Crippen molar-refractivity contribution in [3.63, 3.8) is 0 Å². The van der Waals surface area contributed by atoms with Crippen LogP contribution in [0.5, 0.6) is 0 Å². The third kappa shape index (κ3) is 1.36. The Labute approximate surface area is 74.9 Å². The maximum atomic E-state index is 4.36. The highest BCUT2D eigenvalue weighted by atomic mass is 32.1. The lowest BCUT2D eigenvalue weighted by atomic mass is 10.3. The largest absolute Gasteiger partial charge is 0.251 e. The highest BCUT2D eigenvalue weighted by Crippen LogP contribution is 2.16. The van der Waals surface area contributed by atoms with Crippen LogP contribution in [0.4, 0.5) is 0 Å². The standard InChI is InChI=1S/C9H8N2S/c1-7-3-2-4-8(11-7)9-5-12-6-10-9/h2-6H,1H3. The summed E-state index contributed by atoms with van der Waals surface area (Å²) in [6, 6.07) is 5.95. The van der Waals surface area contributed by atoms with E-state index in [9.17, 15) is 0 Å². The minimum atomic E-state index is 0.955. The Balaban J connectivity index is 2.48. The van der Waals surface area contributed by atoms with Gasteiger partial charge in [0.1, 0.15) is 0 Å². The first-order valence-electron chi connectivity index (χ1n) is 3.68. The summed E-state index contributed by atoms with van der Waals surface area (Å²) in [5.41, 5.74) is 4.76. The van der Waals surface area contributed by atoms with E-state index in [0.29, 0.717) is 0 Å². The second-order valence-corrected chi connectivity index (χ2v) is 3.26. The molecule has 2 rings (SSSR count). The summed E-state index contributed by atoms with van der Waals surface area (Å²) in [6.45, 7) is 1.98. The molecule has 0 atom stereocenters. The van der Waals surface area contributed by atoms with E-state index >= 15 is 0 Å². The fraction of sp³-hybridized carbons (Fsp3) is 0.111. The topological polar surface area (TPSA) is 25.8 Å². The highest BCUT2D eigenvalue weighted by Gasteiger charge is 1.99. The van der Waals surface area contributed by atoms with Crippen molar-refractivity contribution in [1.29, 1.82) is 0 Å². The minimum Gasteiger partial charge on any atom is -0.251 e. The third-order valence-electron chi connectivity index (χ3n) is 1.58. The molecule has 3 heteroatoms. The van der Waals surface area contributed by atoms with Crippen molar-refractivity contribution in [3.05, 3.63) is 34.8 Å². The lowest BCUT2D eigenvalue weighted by molar-refractivity contribution is 1.19. The molecule has 0 radical (unpaired) electrons. The van der Waals surface area contributed by atoms with E-state index < -0.39 is 0 Å². The Hall–Kier alpha value is -1.22. The molecule has 0 aliphatic heterocycles. The molecule has 2 nitrogen and oxygen atoms in total. The van der Waals surface area contributed by atoms with Crippen molar-refractivity contribution in [2.75, 3.05) is 0 Å². The van der Waals surface area contributed by atoms with Gasteiger partial charge < -0.3 is 0 Å². The number of aromatic nitrogens is 2. The quantitative estimate of drug-likeness (QED) is 0.667. The van der Waals surface area contributed by atoms with Gasteiger partial charge in [0.15, 0.2) is 0 Å². The molecule has 2 aromatic heterocycles. The van der Waals surface area contributed by atoms with Crippen LogP contribution in [0.1, 0.15) is 5.69 Å². The van der Waals surface area contributed by atoms with Gasteiger partial charge in [-0.05, 0) is 19.1 Å². The van der Waals surface area contributed by atoms with Crippen molar-refractivity contribution in [3.8, 4) is 11.4 Å². The third-order valence-corrected chi connectivity index (χ3v) is 2.17. The van der Waals surface area contributed by atoms with E-state index in [1.807, 2.05) is 36.0 Å². The van der Waals surface area contributed by atoms with Gasteiger partial charge in [-0.1, -0.05) is 6.07 Å². The highest BCUT2D eigenvalue weighted by molar-refractivity contribution is 7.07. The number of pyridine rings is 1. The molecule has 2 aromatic rings. The average molecular weight is 176 g/mol. The van der Waals surface area contributed by atoms with Crippen LogP contribution < -0.4 is 0 Å². The smallest absolute Gasteiger partial charge is 0.0995 e. The Bertz CT molecular complexity index is 368. The first-order chi connectivity index (χ1) is 5.86. The molecule has 0 N–H and O–H groups in total. The van der Waals surface area contributed by atoms with Crippen molar-refractivity contribution in [1.82, 2.24) is 9.97 Å². The summed E-state index contributed by atoms with van der Waals surface area (Å²) >= 11 is 1.59. The number of thiazole rings is 1. The average Bonchev–Trinajstić information content (AvgIpc) is 2.56. The fourth-order valence-corrected chi connectivity index (χ4v) is 1.57. The van der Waals surface area contributed by atoms with E-state index in [-0.39, 0.29) is 0 Å². The molecular formula is C9H8N2S. The molecule has 0 unspecified atom stereocenters. The number of hydrogen-bond donors (Lipinski definition) is 0. The Morgan fingerprint density at radius 1 is 1.25 bits per heavy atom. The van der Waals surface area contributed by atoms with Crippen molar-refractivity contribution < 1.29 is 0 Å². The summed E-state index contributed by atoms with van der Waals surface area (Å²) in [4.78, 5) is 8.54. The van der Waals surface area contributed by atoms with Crippen molar-refractivity contribution in [2.24, 2.45) is 0 Å². The van der Waals surface area contributed by atoms with Crippen LogP contribution >= 0.6 is 11.3 Å². The van der Waals surface area contributed by atoms with Crippen LogP contribution in [0.25, 0.3) is 11.4 Å². The Morgan fingerprint density at radius 2 is 2.17 bits per heavy atom. The van der Waals surface area contributed by atoms with Gasteiger partial charge >= 0.3 is 0 Å². The van der Waals surface area contributed by atoms with Crippen molar-refractivity contribution >= 4 is 11.3 Å². The zero-order chi connectivity index (χ0) is 8.39. The molecule has 60 valence electrons. The molecule has 12 heavy (non-hydrogen) atoms. The maximum absolute atomic E-state index is 4.36. The van der Waals surface area contributed by atoms with Crippen LogP contribution in [0.2, 0.25) is 0 Å². The summed E-state index contributed by atoms with van der Waals surface area (Å²) in [7, 11) is 0. The summed E-state index contributed by atoms with van der Waals surface area (Å²) < 4.78 is 0. The van der Waals surface area contributed by atoms with E-state index in [2.05, 4.69) is 9.97 Å². The fourth-order valence-electron chi connectivity index (χ4n) is 1.02. The SMILES string of the molecule is Cc1cccc(-c2cscn2)n1. The lowest BCUT2D eigenvalue weighted by Crippen LogP contribution is -1.84. The monoisotopic (exact) mass is 176 g/mol. The molecule has 0 spiro atoms. The zero-order valence-electron chi connectivity index (χ0n) is 6.69. The predicted octanol–water partition coefficient (Wildman–Crippen LogP) is 2.51. The molecular weight excluding hydrogens is 168 g/mol. The van der Waals surface area contributed by atoms with Crippen LogP contribution in [0.3, 0.4) is 0 Å². The Kier molecular flexibility index (Phi) is 1.87. The molecule has 0 saturated carbocycles. The lowest BCUT2D eigenvalue weighted by Gasteiger charge is -1.95. The predicted molar refractivity (Wildman–Crippen MR) is 50.1 cm³/mol. The van der Waals surface area contributed by atoms with E-state index in [4.69, 9.17) is 0 Å². The van der Waals surface area contributed by atoms with Gasteiger partial charge in [-0.15, -0.1) is 11.3 Å². The number of nitrogens with zero attached hydrogens (tertiary/aromatic N) is 2. The van der Waals surface area contributed by atoms with Crippen LogP contribution in [0, 0.1) is 6.92 Å². The summed E-state index contributed by atoms with van der Waals surface area (Å²) in [5, 5.41) is 2.00. The Morgan fingerprint density at radius 3 is 2.83 bits per heavy atom. The van der Waals surface area contributed by atoms with Gasteiger partial charge in [0.05, 0.1) is 16.9 Å². The van der Waals surface area contributed by atoms with E-state index in [1.165, 1.54) is 0 Å². The minimum absolute atomic E-state index is 0.955. The van der Waals surface area contributed by atoms with Gasteiger partial charge in [-0.2, -0.15) is 0 Å². The van der Waals surface area contributed by atoms with E-state index in [0.717, 1.165) is 17.1 Å². The van der Waals surface area contributed by atoms with Gasteiger partial charge in [0.2, 0.25) is 0 Å². The zero-order valence-corrected chi connectivity index (χ0v) is 7.51. The van der Waals surface area contributed by atoms with Gasteiger partial charge in [-0.25, -0.2) is 4.98 Å². The number of aryl methyl sites for hydroxylation is 1. The van der Waals surface area contributed by atoms with Crippen molar-refractivity contribution in [2.45, 2.75) is 6.92 Å². The molecule has 0 saturated heterocycles. The molecule has 0 amide bonds. The first-order valence-corrected chi connectivity index (χ1v) is 4.63. The molecule has 0 aliphatic carbocycles. The molecule has 2 heterocycles. The maximum Gasteiger partial charge on any atom is 0.0995 e. The normalized spacial score (nSPS) is 10.1. The second-order valence-electron chi connectivity index (χ2n) is 2.54. The second kappa shape index (κ2) is 3.03. The molecule has 0 aromatic carbocycles. The molecule has 0 fully saturated rings. The first kappa shape index (κ1) is 7.43. The summed E-state index contributed by atoms with van der Waals surface area (Å²) in [6.07, 6.45) is 0. The molecule has 0 bridgehead atoms. The van der Waals surface area contributed by atoms with Gasteiger partial charge in [-0.3, -0.25) is 4.98 Å². The summed E-state index contributed by atoms with van der Waals surface area (Å²) in [5.74, 6) is 0. The number of rotatable bonds is 1. The van der Waals surface area contributed by atoms with Crippen LogP contribution in [-0.2, 0) is 0 Å². The number of hydrogen-bond acceptors (Lipinski definition) is 3. The molecule has 0 aliphatic rings. The van der Waals surface area contributed by atoms with Gasteiger partial charge in [0.25, 0.3) is 0 Å².